The van der Waals surface area contributed by atoms with Crippen molar-refractivity contribution in [3.8, 4) is 5.88 Å². The fourth-order valence-electron chi connectivity index (χ4n) is 8.01. The summed E-state index contributed by atoms with van der Waals surface area (Å²) in [7, 11) is -4.26. The van der Waals surface area contributed by atoms with Gasteiger partial charge in [0.25, 0.3) is 0 Å². The third kappa shape index (κ3) is 7.18. The van der Waals surface area contributed by atoms with Gasteiger partial charge in [0.2, 0.25) is 21.7 Å². The third-order valence-electron chi connectivity index (χ3n) is 11.8. The minimum absolute atomic E-state index is 0.00183. The van der Waals surface area contributed by atoms with Crippen molar-refractivity contribution in [2.75, 3.05) is 19.8 Å². The van der Waals surface area contributed by atoms with Gasteiger partial charge in [-0.1, -0.05) is 24.6 Å². The van der Waals surface area contributed by atoms with Crippen LogP contribution in [0.4, 0.5) is 13.2 Å². The number of fused-ring (bicyclic) bond motifs is 2. The molecule has 300 valence electrons. The average Bonchev–Trinajstić information content (AvgIpc) is 3.53. The van der Waals surface area contributed by atoms with Crippen LogP contribution in [0.25, 0.3) is 5.65 Å². The van der Waals surface area contributed by atoms with E-state index >= 15 is 0 Å². The molecule has 3 aromatic heterocycles. The maximum atomic E-state index is 14.6. The van der Waals surface area contributed by atoms with Crippen molar-refractivity contribution >= 4 is 27.4 Å². The van der Waals surface area contributed by atoms with Gasteiger partial charge in [-0.05, 0) is 86.6 Å². The molecule has 0 bridgehead atoms. The van der Waals surface area contributed by atoms with Crippen molar-refractivity contribution in [2.24, 2.45) is 17.1 Å². The zero-order valence-corrected chi connectivity index (χ0v) is 32.4. The van der Waals surface area contributed by atoms with Crippen molar-refractivity contribution in [2.45, 2.75) is 101 Å². The van der Waals surface area contributed by atoms with Crippen LogP contribution in [0.2, 0.25) is 0 Å². The van der Waals surface area contributed by atoms with Crippen LogP contribution < -0.4 is 10.5 Å². The highest BCUT2D eigenvalue weighted by Crippen LogP contribution is 2.45. The molecule has 5 heterocycles. The van der Waals surface area contributed by atoms with E-state index < -0.39 is 51.0 Å². The van der Waals surface area contributed by atoms with E-state index in [1.54, 1.807) is 25.1 Å². The first-order chi connectivity index (χ1) is 26.3. The van der Waals surface area contributed by atoms with Gasteiger partial charge < -0.3 is 20.3 Å². The Bertz CT molecular complexity index is 2300. The van der Waals surface area contributed by atoms with E-state index in [0.717, 1.165) is 29.2 Å². The summed E-state index contributed by atoms with van der Waals surface area (Å²) < 4.78 is 84.7. The van der Waals surface area contributed by atoms with Crippen molar-refractivity contribution in [1.29, 1.82) is 0 Å². The van der Waals surface area contributed by atoms with Crippen molar-refractivity contribution in [3.63, 3.8) is 0 Å². The van der Waals surface area contributed by atoms with Gasteiger partial charge in [-0.2, -0.15) is 17.5 Å². The van der Waals surface area contributed by atoms with Gasteiger partial charge in [0.1, 0.15) is 16.3 Å². The molecule has 4 aromatic rings. The average molecular weight is 799 g/mol. The molecule has 0 amide bonds. The first kappa shape index (κ1) is 39.8. The van der Waals surface area contributed by atoms with Crippen LogP contribution in [0.5, 0.6) is 5.88 Å². The number of hydrogen-bond acceptors (Lipinski definition) is 10. The third-order valence-corrected chi connectivity index (χ3v) is 13.6. The fourth-order valence-corrected chi connectivity index (χ4v) is 9.55. The molecule has 1 saturated carbocycles. The van der Waals surface area contributed by atoms with E-state index in [4.69, 9.17) is 15.2 Å². The molecule has 17 heteroatoms. The number of ketones is 1. The Morgan fingerprint density at radius 2 is 1.79 bits per heavy atom. The Kier molecular flexibility index (Phi) is 10.3. The van der Waals surface area contributed by atoms with Crippen LogP contribution in [-0.4, -0.2) is 74.5 Å². The summed E-state index contributed by atoms with van der Waals surface area (Å²) in [5.41, 5.74) is 6.85. The number of carbonyl (C=O) groups excluding carboxylic acids is 1. The Hall–Kier alpha value is -4.45. The second kappa shape index (κ2) is 14.5. The highest BCUT2D eigenvalue weighted by atomic mass is 32.2. The summed E-state index contributed by atoms with van der Waals surface area (Å²) in [6.45, 7) is 6.99. The SMILES string of the molecule is Cc1ccc([C@@H](c2ccn3c(C(F)(F)F)nnc3c2C)C(C)(C)C(=O)O)cc1CN1CC2(CCOCC2)Oc2nc(C(N)CC(=O)C3CCC3)ccc2S1(=O)=O. The zero-order chi connectivity index (χ0) is 40.4. The van der Waals surface area contributed by atoms with Crippen LogP contribution in [0, 0.1) is 25.2 Å². The first-order valence-corrected chi connectivity index (χ1v) is 20.1. The zero-order valence-electron chi connectivity index (χ0n) is 31.6. The molecule has 1 aliphatic carbocycles. The quantitative estimate of drug-likeness (QED) is 0.195. The summed E-state index contributed by atoms with van der Waals surface area (Å²) >= 11 is 0. The number of carboxylic acid groups (broad SMARTS) is 1. The van der Waals surface area contributed by atoms with Crippen molar-refractivity contribution in [1.82, 2.24) is 23.9 Å². The number of rotatable bonds is 10. The number of alkyl halides is 3. The number of carboxylic acids is 1. The number of nitrogens with zero attached hydrogens (tertiary/aromatic N) is 5. The predicted molar refractivity (Wildman–Crippen MR) is 196 cm³/mol. The molecular formula is C39H45F3N6O7S. The minimum atomic E-state index is -4.76. The lowest BCUT2D eigenvalue weighted by atomic mass is 9.70. The number of carbonyl (C=O) groups is 2. The molecule has 56 heavy (non-hydrogen) atoms. The first-order valence-electron chi connectivity index (χ1n) is 18.6. The maximum Gasteiger partial charge on any atom is 0.452 e. The number of pyridine rings is 2. The Morgan fingerprint density at radius 1 is 1.07 bits per heavy atom. The van der Waals surface area contributed by atoms with Gasteiger partial charge in [0.05, 0.1) is 36.9 Å². The molecule has 3 N–H and O–H groups in total. The topological polar surface area (TPSA) is 179 Å². The number of Topliss-reactive ketones (excluding diaryl/α,β-unsaturated/α-hetero) is 1. The summed E-state index contributed by atoms with van der Waals surface area (Å²) in [5, 5.41) is 17.7. The predicted octanol–water partition coefficient (Wildman–Crippen LogP) is 5.89. The highest BCUT2D eigenvalue weighted by molar-refractivity contribution is 7.89. The number of aryl methyl sites for hydroxylation is 2. The van der Waals surface area contributed by atoms with E-state index in [1.165, 1.54) is 42.5 Å². The lowest BCUT2D eigenvalue weighted by Crippen LogP contribution is -2.50. The molecule has 1 spiro atoms. The van der Waals surface area contributed by atoms with E-state index in [0.29, 0.717) is 54.0 Å². The number of nitrogens with two attached hydrogens (primary N) is 1. The Balaban J connectivity index is 1.28. The lowest BCUT2D eigenvalue weighted by molar-refractivity contribution is -0.147. The van der Waals surface area contributed by atoms with Crippen LogP contribution in [0.3, 0.4) is 0 Å². The van der Waals surface area contributed by atoms with Gasteiger partial charge in [-0.15, -0.1) is 10.2 Å². The molecule has 2 fully saturated rings. The van der Waals surface area contributed by atoms with Crippen molar-refractivity contribution < 1.29 is 45.8 Å². The monoisotopic (exact) mass is 798 g/mol. The molecule has 1 saturated heterocycles. The number of aliphatic carboxylic acids is 1. The fraction of sp³-hybridized carbons (Fsp3) is 0.513. The Labute approximate surface area is 322 Å². The summed E-state index contributed by atoms with van der Waals surface area (Å²) in [4.78, 5) is 30.1. The van der Waals surface area contributed by atoms with Crippen LogP contribution >= 0.6 is 0 Å². The van der Waals surface area contributed by atoms with Crippen LogP contribution in [0.15, 0.2) is 47.5 Å². The minimum Gasteiger partial charge on any atom is -0.481 e. The standard InChI is InChI=1S/C39H45F3N6O7S/c1-22-8-9-25(32(37(3,4)36(50)51)27-12-15-48-33(23(27)2)45-46-35(48)39(40,41)42)18-26(22)20-47-21-38(13-16-54-17-14-38)55-34-31(56(47,52)53)11-10-29(44-34)28(43)19-30(49)24-6-5-7-24/h8-12,15,18,24,28,32H,5-7,13-14,16-17,19-21,43H2,1-4H3,(H,50,51)/t28?,32-/m0/s1. The second-order valence-corrected chi connectivity index (χ2v) is 17.8. The second-order valence-electron chi connectivity index (χ2n) is 15.9. The maximum absolute atomic E-state index is 14.6. The van der Waals surface area contributed by atoms with Gasteiger partial charge in [-0.25, -0.2) is 13.4 Å². The molecule has 1 unspecified atom stereocenters. The molecule has 13 nitrogen and oxygen atoms in total. The number of hydrogen-bond donors (Lipinski definition) is 2. The van der Waals surface area contributed by atoms with E-state index in [9.17, 15) is 36.3 Å². The smallest absolute Gasteiger partial charge is 0.452 e. The van der Waals surface area contributed by atoms with Gasteiger partial charge in [0, 0.05) is 43.8 Å². The molecule has 2 aliphatic heterocycles. The summed E-state index contributed by atoms with van der Waals surface area (Å²) in [6, 6.07) is 8.96. The van der Waals surface area contributed by atoms with E-state index in [-0.39, 0.29) is 47.6 Å². The van der Waals surface area contributed by atoms with E-state index in [1.807, 2.05) is 6.92 Å². The molecule has 0 radical (unpaired) electrons. The number of halogens is 3. The number of sulfonamides is 1. The van der Waals surface area contributed by atoms with Crippen molar-refractivity contribution in [3.05, 3.63) is 81.9 Å². The highest BCUT2D eigenvalue weighted by Gasteiger charge is 2.47. The molecular weight excluding hydrogens is 754 g/mol. The molecule has 1 aromatic carbocycles. The number of benzene rings is 1. The van der Waals surface area contributed by atoms with Gasteiger partial charge in [-0.3, -0.25) is 14.0 Å². The normalized spacial score (nSPS) is 19.8. The number of ether oxygens (including phenoxy) is 2. The van der Waals surface area contributed by atoms with Crippen LogP contribution in [-0.2, 0) is 37.1 Å². The van der Waals surface area contributed by atoms with Gasteiger partial charge >= 0.3 is 12.1 Å². The lowest BCUT2D eigenvalue weighted by Gasteiger charge is -2.38. The largest absolute Gasteiger partial charge is 0.481 e. The summed E-state index contributed by atoms with van der Waals surface area (Å²) in [6.07, 6.45) is -0.0293. The molecule has 3 aliphatic rings. The number of aromatic nitrogens is 4. The summed E-state index contributed by atoms with van der Waals surface area (Å²) in [5.74, 6) is -3.26. The van der Waals surface area contributed by atoms with Crippen LogP contribution in [0.1, 0.15) is 104 Å². The van der Waals surface area contributed by atoms with Gasteiger partial charge in [0.15, 0.2) is 5.65 Å². The molecule has 2 atom stereocenters. The van der Waals surface area contributed by atoms with E-state index in [2.05, 4.69) is 15.2 Å². The molecule has 7 rings (SSSR count). The Morgan fingerprint density at radius 3 is 2.43 bits per heavy atom.